The zero-order valence-electron chi connectivity index (χ0n) is 6.03. The van der Waals surface area contributed by atoms with Crippen molar-refractivity contribution in [2.24, 2.45) is 0 Å². The fraction of sp³-hybridized carbons (Fsp3) is 0.111. The van der Waals surface area contributed by atoms with Crippen LogP contribution in [0.1, 0.15) is 10.9 Å². The highest BCUT2D eigenvalue weighted by Crippen LogP contribution is 2.19. The maximum Gasteiger partial charge on any atom is 0.0763 e. The molecule has 1 aromatic rings. The molecular formula is C9H10Cl2. The van der Waals surface area contributed by atoms with Crippen LogP contribution in [0.5, 0.6) is 0 Å². The molecule has 60 valence electrons. The Morgan fingerprint density at radius 3 is 2.27 bits per heavy atom. The van der Waals surface area contributed by atoms with Gasteiger partial charge in [0.05, 0.1) is 5.38 Å². The van der Waals surface area contributed by atoms with Crippen LogP contribution in [-0.4, -0.2) is 0 Å². The highest BCUT2D eigenvalue weighted by molar-refractivity contribution is 6.21. The largest absolute Gasteiger partial charge is 0.147 e. The van der Waals surface area contributed by atoms with Crippen molar-refractivity contribution in [1.82, 2.24) is 0 Å². The molecule has 0 aliphatic heterocycles. The molecule has 0 amide bonds. The van der Waals surface area contributed by atoms with Gasteiger partial charge >= 0.3 is 0 Å². The van der Waals surface area contributed by atoms with Crippen molar-refractivity contribution in [3.05, 3.63) is 48.6 Å². The van der Waals surface area contributed by atoms with Gasteiger partial charge in [0.15, 0.2) is 0 Å². The van der Waals surface area contributed by atoms with Crippen LogP contribution < -0.4 is 0 Å². The van der Waals surface area contributed by atoms with Gasteiger partial charge in [-0.3, -0.25) is 0 Å². The Morgan fingerprint density at radius 1 is 1.27 bits per heavy atom. The molecule has 0 saturated carbocycles. The Bertz CT molecular complexity index is 206. The van der Waals surface area contributed by atoms with Crippen molar-refractivity contribution in [3.8, 4) is 0 Å². The van der Waals surface area contributed by atoms with E-state index in [9.17, 15) is 0 Å². The molecule has 0 heterocycles. The number of hydrogen-bond donors (Lipinski definition) is 0. The number of rotatable bonds is 2. The third-order valence-corrected chi connectivity index (χ3v) is 1.76. The SMILES string of the molecule is C=CC(Cl)c1ccccc1.Cl. The van der Waals surface area contributed by atoms with E-state index < -0.39 is 0 Å². The second-order valence-electron chi connectivity index (χ2n) is 2.05. The quantitative estimate of drug-likeness (QED) is 0.492. The first kappa shape index (κ1) is 10.5. The summed E-state index contributed by atoms with van der Waals surface area (Å²) in [5.41, 5.74) is 1.10. The number of benzene rings is 1. The van der Waals surface area contributed by atoms with Crippen LogP contribution in [0.15, 0.2) is 43.0 Å². The first-order valence-electron chi connectivity index (χ1n) is 3.16. The molecule has 1 unspecified atom stereocenters. The first-order chi connectivity index (χ1) is 4.84. The molecule has 0 aliphatic carbocycles. The van der Waals surface area contributed by atoms with Gasteiger partial charge in [0, 0.05) is 0 Å². The molecule has 0 aromatic heterocycles. The monoisotopic (exact) mass is 188 g/mol. The van der Waals surface area contributed by atoms with Gasteiger partial charge in [-0.15, -0.1) is 30.6 Å². The van der Waals surface area contributed by atoms with E-state index in [0.717, 1.165) is 5.56 Å². The van der Waals surface area contributed by atoms with Crippen LogP contribution in [0.25, 0.3) is 0 Å². The summed E-state index contributed by atoms with van der Waals surface area (Å²) in [6.07, 6.45) is 1.72. The molecule has 0 saturated heterocycles. The maximum atomic E-state index is 5.87. The number of allylic oxidation sites excluding steroid dienone is 1. The minimum Gasteiger partial charge on any atom is -0.147 e. The van der Waals surface area contributed by atoms with Crippen molar-refractivity contribution < 1.29 is 0 Å². The molecule has 1 atom stereocenters. The van der Waals surface area contributed by atoms with E-state index in [-0.39, 0.29) is 17.8 Å². The molecule has 0 nitrogen and oxygen atoms in total. The normalized spacial score (nSPS) is 11.4. The van der Waals surface area contributed by atoms with Gasteiger partial charge in [-0.2, -0.15) is 0 Å². The summed E-state index contributed by atoms with van der Waals surface area (Å²) in [7, 11) is 0. The van der Waals surface area contributed by atoms with Gasteiger partial charge in [-0.25, -0.2) is 0 Å². The molecule has 0 N–H and O–H groups in total. The molecule has 1 rings (SSSR count). The number of halogens is 2. The van der Waals surface area contributed by atoms with Crippen LogP contribution >= 0.6 is 24.0 Å². The summed E-state index contributed by atoms with van der Waals surface area (Å²) in [6, 6.07) is 9.87. The zero-order valence-corrected chi connectivity index (χ0v) is 7.61. The Hall–Kier alpha value is -0.460. The Kier molecular flexibility index (Phi) is 5.01. The number of alkyl halides is 1. The lowest BCUT2D eigenvalue weighted by Crippen LogP contribution is -1.82. The summed E-state index contributed by atoms with van der Waals surface area (Å²) in [5.74, 6) is 0. The minimum absolute atomic E-state index is 0. The predicted octanol–water partition coefficient (Wildman–Crippen LogP) is 3.57. The highest BCUT2D eigenvalue weighted by Gasteiger charge is 1.98. The van der Waals surface area contributed by atoms with Crippen LogP contribution in [0, 0.1) is 0 Å². The molecule has 0 bridgehead atoms. The fourth-order valence-electron chi connectivity index (χ4n) is 0.773. The van der Waals surface area contributed by atoms with Gasteiger partial charge in [0.2, 0.25) is 0 Å². The molecule has 0 fully saturated rings. The Balaban J connectivity index is 0.000001000. The van der Waals surface area contributed by atoms with Crippen LogP contribution in [0.4, 0.5) is 0 Å². The molecule has 1 aromatic carbocycles. The summed E-state index contributed by atoms with van der Waals surface area (Å²) in [5, 5.41) is -0.0544. The fourth-order valence-corrected chi connectivity index (χ4v) is 0.918. The molecule has 11 heavy (non-hydrogen) atoms. The van der Waals surface area contributed by atoms with E-state index >= 15 is 0 Å². The Morgan fingerprint density at radius 2 is 1.82 bits per heavy atom. The van der Waals surface area contributed by atoms with Crippen LogP contribution in [-0.2, 0) is 0 Å². The van der Waals surface area contributed by atoms with E-state index in [2.05, 4.69) is 6.58 Å². The average Bonchev–Trinajstić information content (AvgIpc) is 2.05. The Labute approximate surface area is 78.3 Å². The van der Waals surface area contributed by atoms with Crippen molar-refractivity contribution in [2.75, 3.05) is 0 Å². The number of hydrogen-bond acceptors (Lipinski definition) is 0. The van der Waals surface area contributed by atoms with Gasteiger partial charge in [0.1, 0.15) is 0 Å². The molecule has 0 aliphatic rings. The summed E-state index contributed by atoms with van der Waals surface area (Å²) in [6.45, 7) is 3.61. The maximum absolute atomic E-state index is 5.87. The van der Waals surface area contributed by atoms with E-state index in [0.29, 0.717) is 0 Å². The third-order valence-electron chi connectivity index (χ3n) is 1.32. The lowest BCUT2D eigenvalue weighted by Gasteiger charge is -2.01. The zero-order chi connectivity index (χ0) is 7.40. The van der Waals surface area contributed by atoms with Crippen LogP contribution in [0.2, 0.25) is 0 Å². The van der Waals surface area contributed by atoms with Crippen molar-refractivity contribution >= 4 is 24.0 Å². The molecule has 0 radical (unpaired) electrons. The second-order valence-corrected chi connectivity index (χ2v) is 2.52. The topological polar surface area (TPSA) is 0 Å². The highest BCUT2D eigenvalue weighted by atomic mass is 35.5. The van der Waals surface area contributed by atoms with Crippen LogP contribution in [0.3, 0.4) is 0 Å². The smallest absolute Gasteiger partial charge is 0.0763 e. The van der Waals surface area contributed by atoms with Crippen molar-refractivity contribution in [3.63, 3.8) is 0 Å². The minimum atomic E-state index is -0.0544. The molecule has 0 spiro atoms. The molecular weight excluding hydrogens is 179 g/mol. The standard InChI is InChI=1S/C9H9Cl.ClH/c1-2-9(10)8-6-4-3-5-7-8;/h2-7,9H,1H2;1H. The first-order valence-corrected chi connectivity index (χ1v) is 3.60. The van der Waals surface area contributed by atoms with Crippen molar-refractivity contribution in [1.29, 1.82) is 0 Å². The van der Waals surface area contributed by atoms with Gasteiger partial charge in [0.25, 0.3) is 0 Å². The van der Waals surface area contributed by atoms with E-state index in [4.69, 9.17) is 11.6 Å². The predicted molar refractivity (Wildman–Crippen MR) is 52.5 cm³/mol. The van der Waals surface area contributed by atoms with Gasteiger partial charge in [-0.05, 0) is 5.56 Å². The third kappa shape index (κ3) is 2.96. The summed E-state index contributed by atoms with van der Waals surface area (Å²) < 4.78 is 0. The van der Waals surface area contributed by atoms with Gasteiger partial charge < -0.3 is 0 Å². The van der Waals surface area contributed by atoms with E-state index in [1.807, 2.05) is 30.3 Å². The second kappa shape index (κ2) is 5.22. The van der Waals surface area contributed by atoms with E-state index in [1.54, 1.807) is 6.08 Å². The van der Waals surface area contributed by atoms with E-state index in [1.165, 1.54) is 0 Å². The van der Waals surface area contributed by atoms with Crippen molar-refractivity contribution in [2.45, 2.75) is 5.38 Å². The molecule has 2 heteroatoms. The van der Waals surface area contributed by atoms with Gasteiger partial charge in [-0.1, -0.05) is 36.4 Å². The lowest BCUT2D eigenvalue weighted by atomic mass is 10.1. The summed E-state index contributed by atoms with van der Waals surface area (Å²) >= 11 is 5.87. The lowest BCUT2D eigenvalue weighted by molar-refractivity contribution is 1.22. The average molecular weight is 189 g/mol. The summed E-state index contributed by atoms with van der Waals surface area (Å²) in [4.78, 5) is 0.